The molecule has 0 fully saturated rings. The summed E-state index contributed by atoms with van der Waals surface area (Å²) in [7, 11) is 1.49. The van der Waals surface area contributed by atoms with Crippen LogP contribution in [0.1, 0.15) is 5.56 Å². The van der Waals surface area contributed by atoms with Crippen LogP contribution in [0.3, 0.4) is 0 Å². The summed E-state index contributed by atoms with van der Waals surface area (Å²) in [6.45, 7) is 0. The largest absolute Gasteiger partial charge is 0.507 e. The Labute approximate surface area is 94.1 Å². The maximum Gasteiger partial charge on any atom is 0.192 e. The van der Waals surface area contributed by atoms with E-state index in [4.69, 9.17) is 9.84 Å². The number of hydrogen-bond acceptors (Lipinski definition) is 3. The van der Waals surface area contributed by atoms with Crippen molar-refractivity contribution in [2.75, 3.05) is 7.11 Å². The van der Waals surface area contributed by atoms with E-state index in [0.29, 0.717) is 5.75 Å². The fourth-order valence-electron chi connectivity index (χ4n) is 0.819. The Morgan fingerprint density at radius 3 is 2.46 bits per heavy atom. The van der Waals surface area contributed by atoms with Crippen molar-refractivity contribution in [3.8, 4) is 11.5 Å². The minimum Gasteiger partial charge on any atom is -0.507 e. The molecule has 1 aromatic rings. The molecule has 1 rings (SSSR count). The molecule has 0 aliphatic heterocycles. The summed E-state index contributed by atoms with van der Waals surface area (Å²) in [6, 6.07) is 4.49. The molecule has 0 amide bonds. The fourth-order valence-corrected chi connectivity index (χ4v) is 0.992. The smallest absolute Gasteiger partial charge is 0.192 e. The summed E-state index contributed by atoms with van der Waals surface area (Å²) in [5.41, 5.74) is 0.241. The van der Waals surface area contributed by atoms with E-state index in [1.807, 2.05) is 0 Å². The van der Waals surface area contributed by atoms with Gasteiger partial charge in [-0.15, -0.1) is 0 Å². The molecular weight excluding hydrogens is 242 g/mol. The molecular formula is C8H8O3SZn. The van der Waals surface area contributed by atoms with Gasteiger partial charge in [0.05, 0.1) is 12.7 Å². The number of benzene rings is 1. The van der Waals surface area contributed by atoms with Gasteiger partial charge in [0.1, 0.15) is 11.5 Å². The number of aromatic hydroxyl groups is 1. The standard InChI is InChI=1S/C8H8O3S.Zn/c1-11-5-2-3-6(8(10)12)7(9)4-5;/h2-4,9H,1H3,(H,10,12);. The van der Waals surface area contributed by atoms with Crippen LogP contribution in [-0.2, 0) is 19.5 Å². The maximum absolute atomic E-state index is 9.27. The molecule has 2 N–H and O–H groups in total. The minimum atomic E-state index is -0.324. The molecule has 0 saturated carbocycles. The third kappa shape index (κ3) is 2.94. The first kappa shape index (κ1) is 12.3. The van der Waals surface area contributed by atoms with Crippen LogP contribution in [0.25, 0.3) is 0 Å². The minimum absolute atomic E-state index is 0. The van der Waals surface area contributed by atoms with Gasteiger partial charge in [-0.2, -0.15) is 0 Å². The second-order valence-electron chi connectivity index (χ2n) is 2.19. The van der Waals surface area contributed by atoms with E-state index in [9.17, 15) is 5.11 Å². The van der Waals surface area contributed by atoms with Crippen LogP contribution in [0.15, 0.2) is 18.2 Å². The number of phenols is 1. The first-order valence-electron chi connectivity index (χ1n) is 3.25. The van der Waals surface area contributed by atoms with E-state index in [-0.39, 0.29) is 35.8 Å². The number of aliphatic hydroxyl groups is 1. The van der Waals surface area contributed by atoms with Crippen molar-refractivity contribution in [1.29, 1.82) is 0 Å². The normalized spacial score (nSPS) is 8.69. The Balaban J connectivity index is 0.00000144. The molecule has 0 aromatic heterocycles. The van der Waals surface area contributed by atoms with Crippen molar-refractivity contribution < 1.29 is 34.4 Å². The van der Waals surface area contributed by atoms with Crippen LogP contribution < -0.4 is 4.74 Å². The van der Waals surface area contributed by atoms with Crippen LogP contribution in [0.2, 0.25) is 0 Å². The zero-order valence-electron chi connectivity index (χ0n) is 7.15. The van der Waals surface area contributed by atoms with Gasteiger partial charge in [0.15, 0.2) is 5.05 Å². The van der Waals surface area contributed by atoms with E-state index in [1.165, 1.54) is 19.2 Å². The first-order valence-corrected chi connectivity index (χ1v) is 3.66. The van der Waals surface area contributed by atoms with Gasteiger partial charge in [-0.3, -0.25) is 0 Å². The van der Waals surface area contributed by atoms with E-state index in [0.717, 1.165) is 0 Å². The molecule has 0 heterocycles. The quantitative estimate of drug-likeness (QED) is 0.618. The van der Waals surface area contributed by atoms with E-state index < -0.39 is 0 Å². The molecule has 0 saturated heterocycles. The Kier molecular flexibility index (Phi) is 4.88. The van der Waals surface area contributed by atoms with Gasteiger partial charge >= 0.3 is 0 Å². The molecule has 0 unspecified atom stereocenters. The van der Waals surface area contributed by atoms with Crippen LogP contribution in [0, 0.1) is 0 Å². The number of phenolic OH excluding ortho intramolecular Hbond substituents is 1. The summed E-state index contributed by atoms with van der Waals surface area (Å²) in [6.07, 6.45) is 0. The molecule has 66 valence electrons. The first-order chi connectivity index (χ1) is 5.65. The third-order valence-electron chi connectivity index (χ3n) is 1.44. The molecule has 0 aliphatic carbocycles. The molecule has 0 aliphatic rings. The third-order valence-corrected chi connectivity index (χ3v) is 1.66. The molecule has 0 spiro atoms. The SMILES string of the molecule is COc1ccc(C(O)=S)c(O)c1.[Zn]. The van der Waals surface area contributed by atoms with Crippen LogP contribution in [0.5, 0.6) is 11.5 Å². The fraction of sp³-hybridized carbons (Fsp3) is 0.125. The molecule has 0 bridgehead atoms. The Morgan fingerprint density at radius 2 is 2.08 bits per heavy atom. The maximum atomic E-state index is 9.27. The monoisotopic (exact) mass is 248 g/mol. The molecule has 3 nitrogen and oxygen atoms in total. The predicted octanol–water partition coefficient (Wildman–Crippen LogP) is 1.63. The number of ether oxygens (including phenoxy) is 1. The second-order valence-corrected chi connectivity index (χ2v) is 2.57. The van der Waals surface area contributed by atoms with Gasteiger partial charge in [-0.05, 0) is 24.4 Å². The van der Waals surface area contributed by atoms with Crippen LogP contribution in [-0.4, -0.2) is 22.4 Å². The van der Waals surface area contributed by atoms with E-state index >= 15 is 0 Å². The van der Waals surface area contributed by atoms with Crippen LogP contribution >= 0.6 is 12.2 Å². The number of rotatable bonds is 2. The van der Waals surface area contributed by atoms with Crippen LogP contribution in [0.4, 0.5) is 0 Å². The predicted molar refractivity (Wildman–Crippen MR) is 49.0 cm³/mol. The molecule has 1 aromatic carbocycles. The van der Waals surface area contributed by atoms with Gasteiger partial charge in [0, 0.05) is 25.5 Å². The van der Waals surface area contributed by atoms with Gasteiger partial charge < -0.3 is 14.9 Å². The Bertz CT molecular complexity index is 314. The average Bonchev–Trinajstić information content (AvgIpc) is 2.03. The summed E-state index contributed by atoms with van der Waals surface area (Å²) in [4.78, 5) is 0. The Morgan fingerprint density at radius 1 is 1.46 bits per heavy atom. The zero-order valence-corrected chi connectivity index (χ0v) is 10.9. The van der Waals surface area contributed by atoms with E-state index in [2.05, 4.69) is 12.2 Å². The average molecular weight is 250 g/mol. The van der Waals surface area contributed by atoms with Crippen molar-refractivity contribution in [2.45, 2.75) is 0 Å². The Hall–Kier alpha value is -0.667. The van der Waals surface area contributed by atoms with Crippen molar-refractivity contribution in [1.82, 2.24) is 0 Å². The summed E-state index contributed by atoms with van der Waals surface area (Å²) in [5, 5.41) is 17.8. The second kappa shape index (κ2) is 5.15. The van der Waals surface area contributed by atoms with E-state index in [1.54, 1.807) is 6.07 Å². The van der Waals surface area contributed by atoms with Crippen molar-refractivity contribution in [3.63, 3.8) is 0 Å². The molecule has 5 heteroatoms. The number of methoxy groups -OCH3 is 1. The molecule has 0 radical (unpaired) electrons. The molecule has 13 heavy (non-hydrogen) atoms. The van der Waals surface area contributed by atoms with Crippen molar-refractivity contribution in [2.24, 2.45) is 0 Å². The van der Waals surface area contributed by atoms with Gasteiger partial charge in [-0.1, -0.05) is 0 Å². The zero-order chi connectivity index (χ0) is 9.14. The van der Waals surface area contributed by atoms with Gasteiger partial charge in [-0.25, -0.2) is 0 Å². The summed E-state index contributed by atoms with van der Waals surface area (Å²) in [5.74, 6) is 0.439. The van der Waals surface area contributed by atoms with Crippen molar-refractivity contribution in [3.05, 3.63) is 23.8 Å². The van der Waals surface area contributed by atoms with Crippen molar-refractivity contribution >= 4 is 17.3 Å². The summed E-state index contributed by atoms with van der Waals surface area (Å²) >= 11 is 4.48. The molecule has 0 atom stereocenters. The topological polar surface area (TPSA) is 49.7 Å². The summed E-state index contributed by atoms with van der Waals surface area (Å²) < 4.78 is 4.84. The van der Waals surface area contributed by atoms with Gasteiger partial charge in [0.2, 0.25) is 0 Å². The number of thiocarbonyl (C=S) groups is 1. The number of aliphatic hydroxyl groups excluding tert-OH is 1. The van der Waals surface area contributed by atoms with Gasteiger partial charge in [0.25, 0.3) is 0 Å². The number of hydrogen-bond donors (Lipinski definition) is 2.